The van der Waals surface area contributed by atoms with E-state index in [2.05, 4.69) is 15.4 Å². The first-order valence-corrected chi connectivity index (χ1v) is 8.25. The molecule has 3 aromatic rings. The summed E-state index contributed by atoms with van der Waals surface area (Å²) in [5.41, 5.74) is 3.67. The molecule has 25 heavy (non-hydrogen) atoms. The Morgan fingerprint density at radius 1 is 1.24 bits per heavy atom. The number of nitrogens with zero attached hydrogens (tertiary/aromatic N) is 3. The average Bonchev–Trinajstić information content (AvgIpc) is 2.90. The van der Waals surface area contributed by atoms with Crippen molar-refractivity contribution >= 4 is 16.9 Å². The van der Waals surface area contributed by atoms with Crippen molar-refractivity contribution < 1.29 is 9.53 Å². The van der Waals surface area contributed by atoms with E-state index < -0.39 is 0 Å². The molecular formula is C19H22N4O2. The minimum Gasteiger partial charge on any atom is -0.497 e. The first kappa shape index (κ1) is 17.0. The standard InChI is InChI=1S/C19H22N4O2/c1-12(2)21-17(24)11-23-19-18(13(3)22-23)16(9-10-20-19)14-5-7-15(25-4)8-6-14/h5-10,12H,11H2,1-4H3,(H,21,24). The van der Waals surface area contributed by atoms with Gasteiger partial charge in [-0.1, -0.05) is 12.1 Å². The second kappa shape index (κ2) is 6.93. The number of ether oxygens (including phenoxy) is 1. The molecule has 3 rings (SSSR count). The monoisotopic (exact) mass is 338 g/mol. The summed E-state index contributed by atoms with van der Waals surface area (Å²) < 4.78 is 6.88. The van der Waals surface area contributed by atoms with Gasteiger partial charge in [-0.2, -0.15) is 5.10 Å². The lowest BCUT2D eigenvalue weighted by molar-refractivity contribution is -0.122. The van der Waals surface area contributed by atoms with E-state index in [9.17, 15) is 4.79 Å². The summed E-state index contributed by atoms with van der Waals surface area (Å²) in [6, 6.07) is 9.94. The van der Waals surface area contributed by atoms with Crippen LogP contribution in [0, 0.1) is 6.92 Å². The van der Waals surface area contributed by atoms with E-state index in [0.717, 1.165) is 28.0 Å². The van der Waals surface area contributed by atoms with Gasteiger partial charge in [-0.3, -0.25) is 4.79 Å². The maximum absolute atomic E-state index is 12.1. The van der Waals surface area contributed by atoms with Crippen LogP contribution in [0.25, 0.3) is 22.2 Å². The zero-order valence-electron chi connectivity index (χ0n) is 14.9. The number of carbonyl (C=O) groups is 1. The van der Waals surface area contributed by atoms with Crippen LogP contribution in [0.3, 0.4) is 0 Å². The maximum Gasteiger partial charge on any atom is 0.242 e. The van der Waals surface area contributed by atoms with Crippen LogP contribution in [0.5, 0.6) is 5.75 Å². The van der Waals surface area contributed by atoms with Gasteiger partial charge in [0, 0.05) is 17.6 Å². The molecule has 0 unspecified atom stereocenters. The van der Waals surface area contributed by atoms with Crippen LogP contribution in [0.2, 0.25) is 0 Å². The normalized spacial score (nSPS) is 11.1. The number of hydrogen-bond donors (Lipinski definition) is 1. The molecule has 0 spiro atoms. The molecule has 6 nitrogen and oxygen atoms in total. The lowest BCUT2D eigenvalue weighted by atomic mass is 10.0. The van der Waals surface area contributed by atoms with Gasteiger partial charge in [0.15, 0.2) is 5.65 Å². The third-order valence-electron chi connectivity index (χ3n) is 3.95. The van der Waals surface area contributed by atoms with Crippen LogP contribution in [0.4, 0.5) is 0 Å². The zero-order chi connectivity index (χ0) is 18.0. The van der Waals surface area contributed by atoms with Crippen LogP contribution < -0.4 is 10.1 Å². The van der Waals surface area contributed by atoms with Gasteiger partial charge in [-0.05, 0) is 50.1 Å². The fraction of sp³-hybridized carbons (Fsp3) is 0.316. The lowest BCUT2D eigenvalue weighted by Gasteiger charge is -2.09. The molecule has 2 heterocycles. The third-order valence-corrected chi connectivity index (χ3v) is 3.95. The molecule has 0 radical (unpaired) electrons. The van der Waals surface area contributed by atoms with Crippen LogP contribution in [0.1, 0.15) is 19.5 Å². The Balaban J connectivity index is 2.03. The van der Waals surface area contributed by atoms with Crippen molar-refractivity contribution in [1.29, 1.82) is 0 Å². The van der Waals surface area contributed by atoms with E-state index in [1.54, 1.807) is 18.0 Å². The van der Waals surface area contributed by atoms with Crippen LogP contribution in [0.15, 0.2) is 36.5 Å². The highest BCUT2D eigenvalue weighted by molar-refractivity contribution is 5.95. The molecule has 1 aromatic carbocycles. The largest absolute Gasteiger partial charge is 0.497 e. The van der Waals surface area contributed by atoms with Crippen LogP contribution in [-0.2, 0) is 11.3 Å². The predicted octanol–water partition coefficient (Wildman–Crippen LogP) is 2.94. The van der Waals surface area contributed by atoms with Crippen molar-refractivity contribution in [1.82, 2.24) is 20.1 Å². The van der Waals surface area contributed by atoms with Crippen molar-refractivity contribution in [3.63, 3.8) is 0 Å². The predicted molar refractivity (Wildman–Crippen MR) is 97.5 cm³/mol. The van der Waals surface area contributed by atoms with Crippen molar-refractivity contribution in [3.8, 4) is 16.9 Å². The molecule has 0 aliphatic heterocycles. The molecule has 2 aromatic heterocycles. The molecule has 0 aliphatic rings. The first-order valence-electron chi connectivity index (χ1n) is 8.25. The molecule has 130 valence electrons. The molecule has 0 bridgehead atoms. The molecule has 1 N–H and O–H groups in total. The number of nitrogens with one attached hydrogen (secondary N) is 1. The van der Waals surface area contributed by atoms with Gasteiger partial charge < -0.3 is 10.1 Å². The molecule has 0 atom stereocenters. The Hall–Kier alpha value is -2.89. The molecule has 6 heteroatoms. The lowest BCUT2D eigenvalue weighted by Crippen LogP contribution is -2.33. The number of methoxy groups -OCH3 is 1. The fourth-order valence-electron chi connectivity index (χ4n) is 2.91. The van der Waals surface area contributed by atoms with Gasteiger partial charge in [0.2, 0.25) is 5.91 Å². The quantitative estimate of drug-likeness (QED) is 0.776. The van der Waals surface area contributed by atoms with E-state index >= 15 is 0 Å². The number of hydrogen-bond acceptors (Lipinski definition) is 4. The molecule has 0 aliphatic carbocycles. The summed E-state index contributed by atoms with van der Waals surface area (Å²) >= 11 is 0. The van der Waals surface area contributed by atoms with Crippen molar-refractivity contribution in [2.75, 3.05) is 7.11 Å². The zero-order valence-corrected chi connectivity index (χ0v) is 14.9. The summed E-state index contributed by atoms with van der Waals surface area (Å²) in [6.07, 6.45) is 1.75. The van der Waals surface area contributed by atoms with E-state index in [4.69, 9.17) is 4.74 Å². The summed E-state index contributed by atoms with van der Waals surface area (Å²) in [5.74, 6) is 0.739. The number of pyridine rings is 1. The Kier molecular flexibility index (Phi) is 4.70. The highest BCUT2D eigenvalue weighted by atomic mass is 16.5. The topological polar surface area (TPSA) is 69.0 Å². The summed E-state index contributed by atoms with van der Waals surface area (Å²) in [5, 5.41) is 8.37. The molecular weight excluding hydrogens is 316 g/mol. The third kappa shape index (κ3) is 3.47. The maximum atomic E-state index is 12.1. The number of carbonyl (C=O) groups excluding carboxylic acids is 1. The number of benzene rings is 1. The Labute approximate surface area is 146 Å². The van der Waals surface area contributed by atoms with Crippen molar-refractivity contribution in [2.45, 2.75) is 33.4 Å². The highest BCUT2D eigenvalue weighted by Crippen LogP contribution is 2.30. The molecule has 0 saturated carbocycles. The fourth-order valence-corrected chi connectivity index (χ4v) is 2.91. The van der Waals surface area contributed by atoms with Gasteiger partial charge in [0.05, 0.1) is 12.8 Å². The van der Waals surface area contributed by atoms with Crippen molar-refractivity contribution in [3.05, 3.63) is 42.2 Å². The highest BCUT2D eigenvalue weighted by Gasteiger charge is 2.16. The SMILES string of the molecule is COc1ccc(-c2ccnc3c2c(C)nn3CC(=O)NC(C)C)cc1. The Bertz CT molecular complexity index is 898. The van der Waals surface area contributed by atoms with E-state index in [1.165, 1.54) is 0 Å². The number of aryl methyl sites for hydroxylation is 1. The van der Waals surface area contributed by atoms with Crippen LogP contribution >= 0.6 is 0 Å². The first-order chi connectivity index (χ1) is 12.0. The van der Waals surface area contributed by atoms with E-state index in [-0.39, 0.29) is 18.5 Å². The van der Waals surface area contributed by atoms with E-state index in [1.807, 2.05) is 51.1 Å². The summed E-state index contributed by atoms with van der Waals surface area (Å²) in [4.78, 5) is 16.5. The Morgan fingerprint density at radius 2 is 1.96 bits per heavy atom. The smallest absolute Gasteiger partial charge is 0.242 e. The van der Waals surface area contributed by atoms with Gasteiger partial charge in [0.25, 0.3) is 0 Å². The van der Waals surface area contributed by atoms with Crippen molar-refractivity contribution in [2.24, 2.45) is 0 Å². The van der Waals surface area contributed by atoms with Gasteiger partial charge in [-0.15, -0.1) is 0 Å². The van der Waals surface area contributed by atoms with Gasteiger partial charge >= 0.3 is 0 Å². The minimum absolute atomic E-state index is 0.0731. The summed E-state index contributed by atoms with van der Waals surface area (Å²) in [6.45, 7) is 5.96. The second-order valence-electron chi connectivity index (χ2n) is 6.25. The minimum atomic E-state index is -0.0731. The average molecular weight is 338 g/mol. The molecule has 1 amide bonds. The van der Waals surface area contributed by atoms with E-state index in [0.29, 0.717) is 5.65 Å². The molecule has 0 saturated heterocycles. The number of rotatable bonds is 5. The number of aromatic nitrogens is 3. The Morgan fingerprint density at radius 3 is 2.60 bits per heavy atom. The number of amides is 1. The van der Waals surface area contributed by atoms with Crippen LogP contribution in [-0.4, -0.2) is 33.8 Å². The second-order valence-corrected chi connectivity index (χ2v) is 6.25. The summed E-state index contributed by atoms with van der Waals surface area (Å²) in [7, 11) is 1.65. The van der Waals surface area contributed by atoms with Gasteiger partial charge in [0.1, 0.15) is 12.3 Å². The number of fused-ring (bicyclic) bond motifs is 1. The van der Waals surface area contributed by atoms with Gasteiger partial charge in [-0.25, -0.2) is 9.67 Å². The molecule has 0 fully saturated rings.